The van der Waals surface area contributed by atoms with E-state index in [9.17, 15) is 31.1 Å². The summed E-state index contributed by atoms with van der Waals surface area (Å²) in [6.07, 6.45) is -8.18. The SMILES string of the molecule is NC(=O)C1CCCN1.O=C(O)C(F)(F)F.O=C(O)C(F)(F)F. The van der Waals surface area contributed by atoms with Gasteiger partial charge in [0, 0.05) is 0 Å². The summed E-state index contributed by atoms with van der Waals surface area (Å²) in [7, 11) is 0. The van der Waals surface area contributed by atoms with Crippen LogP contribution in [-0.2, 0) is 14.4 Å². The van der Waals surface area contributed by atoms with Gasteiger partial charge in [-0.2, -0.15) is 26.3 Å². The first-order valence-corrected chi connectivity index (χ1v) is 5.32. The van der Waals surface area contributed by atoms with Gasteiger partial charge in [0.25, 0.3) is 0 Å². The molecule has 1 saturated heterocycles. The molecule has 7 nitrogen and oxygen atoms in total. The number of alkyl halides is 6. The van der Waals surface area contributed by atoms with Gasteiger partial charge < -0.3 is 21.3 Å². The standard InChI is InChI=1S/C5H10N2O.2C2HF3O2/c6-5(8)4-2-1-3-7-4;2*3-2(4,5)1(6)7/h4,7H,1-3H2,(H2,6,8);2*(H,6,7). The number of rotatable bonds is 1. The highest BCUT2D eigenvalue weighted by Gasteiger charge is 2.38. The molecule has 1 rings (SSSR count). The number of carboxylic acid groups (broad SMARTS) is 2. The zero-order valence-electron chi connectivity index (χ0n) is 10.7. The molecule has 22 heavy (non-hydrogen) atoms. The summed E-state index contributed by atoms with van der Waals surface area (Å²) in [6.45, 7) is 0.938. The van der Waals surface area contributed by atoms with Crippen LogP contribution in [-0.4, -0.2) is 53.0 Å². The van der Waals surface area contributed by atoms with Crippen molar-refractivity contribution in [2.45, 2.75) is 31.2 Å². The van der Waals surface area contributed by atoms with Crippen molar-refractivity contribution in [3.05, 3.63) is 0 Å². The largest absolute Gasteiger partial charge is 0.490 e. The molecule has 0 aliphatic carbocycles. The van der Waals surface area contributed by atoms with E-state index in [4.69, 9.17) is 25.5 Å². The number of carbonyl (C=O) groups excluding carboxylic acids is 1. The van der Waals surface area contributed by atoms with Crippen LogP contribution in [0.1, 0.15) is 12.8 Å². The van der Waals surface area contributed by atoms with Crippen LogP contribution in [0.4, 0.5) is 26.3 Å². The lowest BCUT2D eigenvalue weighted by Gasteiger charge is -2.01. The molecule has 1 aliphatic heterocycles. The van der Waals surface area contributed by atoms with Crippen LogP contribution in [0.2, 0.25) is 0 Å². The van der Waals surface area contributed by atoms with Gasteiger partial charge >= 0.3 is 24.3 Å². The fourth-order valence-corrected chi connectivity index (χ4v) is 0.927. The molecule has 1 unspecified atom stereocenters. The van der Waals surface area contributed by atoms with Crippen LogP contribution in [0.25, 0.3) is 0 Å². The van der Waals surface area contributed by atoms with Gasteiger partial charge in [-0.05, 0) is 19.4 Å². The number of carbonyl (C=O) groups is 3. The molecule has 0 aromatic heterocycles. The number of hydrogen-bond acceptors (Lipinski definition) is 4. The molecule has 0 spiro atoms. The van der Waals surface area contributed by atoms with Crippen LogP contribution in [0.3, 0.4) is 0 Å². The van der Waals surface area contributed by atoms with Crippen molar-refractivity contribution in [1.29, 1.82) is 0 Å². The Bertz CT molecular complexity index is 365. The summed E-state index contributed by atoms with van der Waals surface area (Å²) < 4.78 is 63.5. The second kappa shape index (κ2) is 9.07. The maximum Gasteiger partial charge on any atom is 0.490 e. The number of nitrogens with two attached hydrogens (primary N) is 1. The van der Waals surface area contributed by atoms with Crippen LogP contribution in [0.15, 0.2) is 0 Å². The smallest absolute Gasteiger partial charge is 0.475 e. The Labute approximate surface area is 119 Å². The minimum Gasteiger partial charge on any atom is -0.475 e. The lowest BCUT2D eigenvalue weighted by atomic mass is 10.2. The number of hydrogen-bond donors (Lipinski definition) is 4. The summed E-state index contributed by atoms with van der Waals surface area (Å²) in [5.41, 5.74) is 5.00. The second-order valence-electron chi connectivity index (χ2n) is 3.66. The number of aliphatic carboxylic acids is 2. The summed E-state index contributed by atoms with van der Waals surface area (Å²) in [6, 6.07) is -0.0463. The van der Waals surface area contributed by atoms with Crippen molar-refractivity contribution in [3.8, 4) is 0 Å². The predicted octanol–water partition coefficient (Wildman–Crippen LogP) is 0.490. The molecule has 1 amide bonds. The van der Waals surface area contributed by atoms with Crippen molar-refractivity contribution in [3.63, 3.8) is 0 Å². The fourth-order valence-electron chi connectivity index (χ4n) is 0.927. The molecule has 5 N–H and O–H groups in total. The number of nitrogens with one attached hydrogen (secondary N) is 1. The van der Waals surface area contributed by atoms with Gasteiger partial charge in [-0.25, -0.2) is 9.59 Å². The van der Waals surface area contributed by atoms with Gasteiger partial charge in [0.05, 0.1) is 6.04 Å². The van der Waals surface area contributed by atoms with Gasteiger partial charge in [0.2, 0.25) is 5.91 Å². The lowest BCUT2D eigenvalue weighted by Crippen LogP contribution is -2.36. The molecule has 0 aromatic carbocycles. The molecule has 130 valence electrons. The van der Waals surface area contributed by atoms with Gasteiger partial charge in [0.1, 0.15) is 0 Å². The molecular weight excluding hydrogens is 330 g/mol. The molecule has 0 bridgehead atoms. The fraction of sp³-hybridized carbons (Fsp3) is 0.667. The number of halogens is 6. The Morgan fingerprint density at radius 1 is 0.955 bits per heavy atom. The van der Waals surface area contributed by atoms with Crippen LogP contribution in [0, 0.1) is 0 Å². The van der Waals surface area contributed by atoms with Crippen molar-refractivity contribution in [2.24, 2.45) is 5.73 Å². The first kappa shape index (κ1) is 22.2. The van der Waals surface area contributed by atoms with Crippen LogP contribution in [0.5, 0.6) is 0 Å². The van der Waals surface area contributed by atoms with E-state index >= 15 is 0 Å². The van der Waals surface area contributed by atoms with E-state index in [0.717, 1.165) is 19.4 Å². The van der Waals surface area contributed by atoms with Crippen LogP contribution >= 0.6 is 0 Å². The van der Waals surface area contributed by atoms with Crippen molar-refractivity contribution in [2.75, 3.05) is 6.54 Å². The minimum absolute atomic E-state index is 0.0463. The highest BCUT2D eigenvalue weighted by molar-refractivity contribution is 5.80. The summed E-state index contributed by atoms with van der Waals surface area (Å²) >= 11 is 0. The third-order valence-corrected chi connectivity index (χ3v) is 1.89. The number of carboxylic acids is 2. The molecule has 0 aromatic rings. The molecule has 1 heterocycles. The maximum atomic E-state index is 10.6. The minimum atomic E-state index is -5.08. The lowest BCUT2D eigenvalue weighted by molar-refractivity contribution is -0.193. The first-order chi connectivity index (χ1) is 9.69. The van der Waals surface area contributed by atoms with E-state index < -0.39 is 24.3 Å². The van der Waals surface area contributed by atoms with E-state index in [1.165, 1.54) is 0 Å². The molecule has 13 heteroatoms. The normalized spacial score (nSPS) is 17.5. The Morgan fingerprint density at radius 3 is 1.36 bits per heavy atom. The number of primary amides is 1. The number of amides is 1. The van der Waals surface area contributed by atoms with Gasteiger partial charge in [-0.1, -0.05) is 0 Å². The van der Waals surface area contributed by atoms with Crippen molar-refractivity contribution >= 4 is 17.8 Å². The molecule has 0 saturated carbocycles. The Hall–Kier alpha value is -2.05. The van der Waals surface area contributed by atoms with Gasteiger partial charge in [-0.15, -0.1) is 0 Å². The van der Waals surface area contributed by atoms with Gasteiger partial charge in [-0.3, -0.25) is 4.79 Å². The zero-order valence-corrected chi connectivity index (χ0v) is 10.7. The van der Waals surface area contributed by atoms with E-state index in [0.29, 0.717) is 0 Å². The molecule has 1 atom stereocenters. The average Bonchev–Trinajstić information content (AvgIpc) is 2.81. The van der Waals surface area contributed by atoms with Crippen molar-refractivity contribution < 1.29 is 50.9 Å². The van der Waals surface area contributed by atoms with Crippen LogP contribution < -0.4 is 11.1 Å². The molecule has 1 fully saturated rings. The van der Waals surface area contributed by atoms with Crippen molar-refractivity contribution in [1.82, 2.24) is 5.32 Å². The molecule has 0 radical (unpaired) electrons. The Balaban J connectivity index is 0. The third-order valence-electron chi connectivity index (χ3n) is 1.89. The highest BCUT2D eigenvalue weighted by atomic mass is 19.4. The first-order valence-electron chi connectivity index (χ1n) is 5.32. The second-order valence-corrected chi connectivity index (χ2v) is 3.66. The Morgan fingerprint density at radius 2 is 1.27 bits per heavy atom. The van der Waals surface area contributed by atoms with E-state index in [-0.39, 0.29) is 11.9 Å². The summed E-state index contributed by atoms with van der Waals surface area (Å²) in [4.78, 5) is 28.2. The average molecular weight is 342 g/mol. The molecular formula is C9H12F6N2O5. The quantitative estimate of drug-likeness (QED) is 0.513. The predicted molar refractivity (Wildman–Crippen MR) is 57.6 cm³/mol. The Kier molecular flexibility index (Phi) is 9.16. The summed E-state index contributed by atoms with van der Waals surface area (Å²) in [5.74, 6) is -5.73. The maximum absolute atomic E-state index is 10.6. The van der Waals surface area contributed by atoms with E-state index in [1.807, 2.05) is 0 Å². The van der Waals surface area contributed by atoms with E-state index in [1.54, 1.807) is 0 Å². The monoisotopic (exact) mass is 342 g/mol. The van der Waals surface area contributed by atoms with E-state index in [2.05, 4.69) is 5.32 Å². The topological polar surface area (TPSA) is 130 Å². The summed E-state index contributed by atoms with van der Waals surface area (Å²) in [5, 5.41) is 17.2. The molecule has 1 aliphatic rings. The highest BCUT2D eigenvalue weighted by Crippen LogP contribution is 2.13. The van der Waals surface area contributed by atoms with Gasteiger partial charge in [0.15, 0.2) is 0 Å². The third kappa shape index (κ3) is 11.7. The zero-order chi connectivity index (χ0) is 18.1.